The number of aromatic hydroxyl groups is 1. The lowest BCUT2D eigenvalue weighted by molar-refractivity contribution is 0.104. The van der Waals surface area contributed by atoms with Crippen molar-refractivity contribution in [3.05, 3.63) is 130 Å². The van der Waals surface area contributed by atoms with E-state index in [2.05, 4.69) is 20.6 Å². The third-order valence-electron chi connectivity index (χ3n) is 7.18. The monoisotopic (exact) mass is 698 g/mol. The number of methoxy groups -OCH3 is 2. The maximum atomic E-state index is 13.1. The summed E-state index contributed by atoms with van der Waals surface area (Å²) in [6.45, 7) is 0.125. The van der Waals surface area contributed by atoms with Gasteiger partial charge in [0.1, 0.15) is 47.4 Å². The number of halogens is 2. The van der Waals surface area contributed by atoms with E-state index in [0.29, 0.717) is 55.6 Å². The molecule has 0 radical (unpaired) electrons. The highest BCUT2D eigenvalue weighted by Crippen LogP contribution is 2.35. The summed E-state index contributed by atoms with van der Waals surface area (Å²) in [6, 6.07) is 22.6. The van der Waals surface area contributed by atoms with Gasteiger partial charge in [-0.15, -0.1) is 10.2 Å². The summed E-state index contributed by atoms with van der Waals surface area (Å²) in [5, 5.41) is 28.3. The van der Waals surface area contributed by atoms with Crippen LogP contribution in [-0.2, 0) is 13.2 Å². The number of phenolic OH excluding ortho intramolecular Hbond substituents is 1. The number of para-hydroxylation sites is 2. The van der Waals surface area contributed by atoms with Crippen LogP contribution in [-0.4, -0.2) is 55.1 Å². The highest BCUT2D eigenvalue weighted by molar-refractivity contribution is 6.32. The van der Waals surface area contributed by atoms with E-state index < -0.39 is 5.78 Å². The van der Waals surface area contributed by atoms with Crippen LogP contribution in [0.15, 0.2) is 97.3 Å². The Morgan fingerprint density at radius 3 is 1.92 bits per heavy atom. The molecule has 2 aromatic heterocycles. The minimum Gasteiger partial charge on any atom is -0.507 e. The maximum absolute atomic E-state index is 13.1. The fraction of sp³-hybridized carbons (Fsp3) is 0.114. The number of phenols is 1. The van der Waals surface area contributed by atoms with Gasteiger partial charge in [-0.25, -0.2) is 9.36 Å². The predicted octanol–water partition coefficient (Wildman–Crippen LogP) is 6.93. The fourth-order valence-corrected chi connectivity index (χ4v) is 5.21. The van der Waals surface area contributed by atoms with Crippen molar-refractivity contribution in [2.24, 2.45) is 0 Å². The molecule has 0 unspecified atom stereocenters. The Morgan fingerprint density at radius 2 is 1.35 bits per heavy atom. The SMILES string of the molecule is COc1cc(O)c(C(=O)/C=C/c2ccc(OCc3cn(-c4ccccc4Cl)nn3)c(OCc3cn(-c4ccccc4Cl)nn3)c2)c(OC)c1. The van der Waals surface area contributed by atoms with Gasteiger partial charge in [-0.05, 0) is 48.0 Å². The molecule has 0 atom stereocenters. The summed E-state index contributed by atoms with van der Waals surface area (Å²) >= 11 is 12.6. The highest BCUT2D eigenvalue weighted by Gasteiger charge is 2.18. The molecular formula is C35H28Cl2N6O6. The van der Waals surface area contributed by atoms with Crippen LogP contribution in [0.25, 0.3) is 17.5 Å². The first-order chi connectivity index (χ1) is 23.8. The van der Waals surface area contributed by atoms with Crippen LogP contribution in [0.1, 0.15) is 27.3 Å². The number of carbonyl (C=O) groups excluding carboxylic acids is 1. The molecule has 0 bridgehead atoms. The number of ether oxygens (including phenoxy) is 4. The molecule has 4 aromatic carbocycles. The molecule has 0 aliphatic heterocycles. The van der Waals surface area contributed by atoms with Crippen LogP contribution < -0.4 is 18.9 Å². The quantitative estimate of drug-likeness (QED) is 0.0999. The number of rotatable bonds is 13. The van der Waals surface area contributed by atoms with E-state index >= 15 is 0 Å². The summed E-state index contributed by atoms with van der Waals surface area (Å²) in [4.78, 5) is 13.1. The zero-order valence-electron chi connectivity index (χ0n) is 26.2. The number of carbonyl (C=O) groups is 1. The maximum Gasteiger partial charge on any atom is 0.193 e. The van der Waals surface area contributed by atoms with Crippen molar-refractivity contribution in [3.8, 4) is 40.1 Å². The molecule has 49 heavy (non-hydrogen) atoms. The molecule has 6 rings (SSSR count). The summed E-state index contributed by atoms with van der Waals surface area (Å²) in [5.74, 6) is 0.558. The van der Waals surface area contributed by atoms with E-state index in [1.165, 1.54) is 32.4 Å². The normalized spacial score (nSPS) is 11.1. The molecule has 0 aliphatic carbocycles. The van der Waals surface area contributed by atoms with E-state index in [1.807, 2.05) is 36.4 Å². The van der Waals surface area contributed by atoms with Crippen molar-refractivity contribution in [3.63, 3.8) is 0 Å². The van der Waals surface area contributed by atoms with Crippen molar-refractivity contribution in [1.82, 2.24) is 30.0 Å². The molecule has 12 nitrogen and oxygen atoms in total. The molecule has 0 saturated heterocycles. The molecule has 14 heteroatoms. The van der Waals surface area contributed by atoms with Crippen molar-refractivity contribution in [1.29, 1.82) is 0 Å². The molecule has 2 heterocycles. The summed E-state index contributed by atoms with van der Waals surface area (Å²) < 4.78 is 25.9. The van der Waals surface area contributed by atoms with Gasteiger partial charge in [0, 0.05) is 12.1 Å². The van der Waals surface area contributed by atoms with Gasteiger partial charge < -0.3 is 24.1 Å². The number of benzene rings is 4. The number of nitrogens with zero attached hydrogens (tertiary/aromatic N) is 6. The second-order valence-electron chi connectivity index (χ2n) is 10.4. The molecule has 6 aromatic rings. The third kappa shape index (κ3) is 7.67. The first kappa shape index (κ1) is 33.1. The topological polar surface area (TPSA) is 136 Å². The molecule has 0 saturated carbocycles. The summed E-state index contributed by atoms with van der Waals surface area (Å²) in [6.07, 6.45) is 6.35. The van der Waals surface area contributed by atoms with Gasteiger partial charge in [0.05, 0.1) is 48.0 Å². The number of aromatic nitrogens is 6. The van der Waals surface area contributed by atoms with E-state index in [4.69, 9.17) is 42.1 Å². The molecule has 0 aliphatic rings. The summed E-state index contributed by atoms with van der Waals surface area (Å²) in [7, 11) is 2.86. The van der Waals surface area contributed by atoms with Crippen LogP contribution in [0.4, 0.5) is 0 Å². The van der Waals surface area contributed by atoms with Crippen molar-refractivity contribution in [2.75, 3.05) is 14.2 Å². The Balaban J connectivity index is 1.24. The van der Waals surface area contributed by atoms with E-state index in [9.17, 15) is 9.90 Å². The van der Waals surface area contributed by atoms with Gasteiger partial charge in [-0.3, -0.25) is 4.79 Å². The van der Waals surface area contributed by atoms with Crippen LogP contribution in [0.3, 0.4) is 0 Å². The minimum atomic E-state index is -0.474. The summed E-state index contributed by atoms with van der Waals surface area (Å²) in [5.41, 5.74) is 3.06. The first-order valence-electron chi connectivity index (χ1n) is 14.7. The molecule has 248 valence electrons. The zero-order valence-corrected chi connectivity index (χ0v) is 27.7. The van der Waals surface area contributed by atoms with Crippen LogP contribution in [0.2, 0.25) is 10.0 Å². The van der Waals surface area contributed by atoms with Crippen LogP contribution >= 0.6 is 23.2 Å². The Hall–Kier alpha value is -5.85. The molecule has 0 fully saturated rings. The zero-order chi connectivity index (χ0) is 34.3. The lowest BCUT2D eigenvalue weighted by atomic mass is 10.1. The fourth-order valence-electron chi connectivity index (χ4n) is 4.76. The lowest BCUT2D eigenvalue weighted by Crippen LogP contribution is -2.02. The average Bonchev–Trinajstić information content (AvgIpc) is 3.79. The lowest BCUT2D eigenvalue weighted by Gasteiger charge is -2.12. The average molecular weight is 700 g/mol. The number of ketones is 1. The predicted molar refractivity (Wildman–Crippen MR) is 182 cm³/mol. The number of hydrogen-bond donors (Lipinski definition) is 1. The minimum absolute atomic E-state index is 0.00224. The smallest absolute Gasteiger partial charge is 0.193 e. The van der Waals surface area contributed by atoms with Gasteiger partial charge in [0.25, 0.3) is 0 Å². The Bertz CT molecular complexity index is 2150. The molecule has 0 amide bonds. The Morgan fingerprint density at radius 1 is 0.755 bits per heavy atom. The van der Waals surface area contributed by atoms with Gasteiger partial charge in [0.15, 0.2) is 17.3 Å². The van der Waals surface area contributed by atoms with E-state index in [0.717, 1.165) is 0 Å². The van der Waals surface area contributed by atoms with Crippen LogP contribution in [0.5, 0.6) is 28.7 Å². The van der Waals surface area contributed by atoms with E-state index in [1.54, 1.807) is 58.2 Å². The largest absolute Gasteiger partial charge is 0.507 e. The van der Waals surface area contributed by atoms with Crippen molar-refractivity contribution >= 4 is 35.1 Å². The first-order valence-corrected chi connectivity index (χ1v) is 15.5. The standard InChI is InChI=1S/C35H28Cl2N6O6/c1-46-25-16-31(45)35(34(17-25)47-2)30(44)13-11-22-12-14-32(48-20-23-18-42(40-38-23)28-9-5-3-7-26(28)36)33(15-22)49-21-24-19-43(41-39-24)29-10-6-4-8-27(29)37/h3-19,45H,20-21H2,1-2H3/b13-11+. The van der Waals surface area contributed by atoms with E-state index in [-0.39, 0.29) is 30.3 Å². The highest BCUT2D eigenvalue weighted by atomic mass is 35.5. The third-order valence-corrected chi connectivity index (χ3v) is 7.82. The molecular weight excluding hydrogens is 671 g/mol. The Kier molecular flexibility index (Phi) is 10.1. The Labute approximate surface area is 290 Å². The van der Waals surface area contributed by atoms with Gasteiger partial charge >= 0.3 is 0 Å². The molecule has 1 N–H and O–H groups in total. The second-order valence-corrected chi connectivity index (χ2v) is 11.2. The van der Waals surface area contributed by atoms with Crippen molar-refractivity contribution in [2.45, 2.75) is 13.2 Å². The number of hydrogen-bond acceptors (Lipinski definition) is 10. The molecule has 0 spiro atoms. The van der Waals surface area contributed by atoms with Gasteiger partial charge in [0.2, 0.25) is 0 Å². The van der Waals surface area contributed by atoms with Crippen molar-refractivity contribution < 1.29 is 28.8 Å². The second kappa shape index (κ2) is 14.9. The number of allylic oxidation sites excluding steroid dienone is 1. The van der Waals surface area contributed by atoms with Gasteiger partial charge in [-0.1, -0.05) is 70.0 Å². The van der Waals surface area contributed by atoms with Crippen LogP contribution in [0, 0.1) is 0 Å². The van der Waals surface area contributed by atoms with Gasteiger partial charge in [-0.2, -0.15) is 0 Å².